The van der Waals surface area contributed by atoms with Gasteiger partial charge in [0.15, 0.2) is 11.5 Å². The van der Waals surface area contributed by atoms with Crippen LogP contribution in [0.15, 0.2) is 54.7 Å². The summed E-state index contributed by atoms with van der Waals surface area (Å²) in [5, 5.41) is 15.0. The van der Waals surface area contributed by atoms with Gasteiger partial charge in [0.1, 0.15) is 11.7 Å². The van der Waals surface area contributed by atoms with Crippen molar-refractivity contribution in [2.24, 2.45) is 0 Å². The normalized spacial score (nSPS) is 17.3. The second-order valence-electron chi connectivity index (χ2n) is 10.3. The van der Waals surface area contributed by atoms with Crippen molar-refractivity contribution in [2.45, 2.75) is 51.0 Å². The molecule has 1 fully saturated rings. The largest absolute Gasteiger partial charge is 0.408 e. The van der Waals surface area contributed by atoms with Crippen molar-refractivity contribution in [2.75, 3.05) is 20.1 Å². The van der Waals surface area contributed by atoms with Crippen molar-refractivity contribution in [1.29, 1.82) is 0 Å². The van der Waals surface area contributed by atoms with Crippen molar-refractivity contribution < 1.29 is 18.0 Å². The van der Waals surface area contributed by atoms with Gasteiger partial charge in [0.25, 0.3) is 0 Å². The van der Waals surface area contributed by atoms with Crippen molar-refractivity contribution in [1.82, 2.24) is 35.1 Å². The molecule has 5 rings (SSSR count). The van der Waals surface area contributed by atoms with E-state index in [0.717, 1.165) is 10.9 Å². The van der Waals surface area contributed by atoms with E-state index in [9.17, 15) is 18.0 Å². The molecule has 3 aromatic heterocycles. The molecular formula is C27H32F3N7O. The second kappa shape index (κ2) is 11.0. The summed E-state index contributed by atoms with van der Waals surface area (Å²) in [6.45, 7) is 6.53. The van der Waals surface area contributed by atoms with Gasteiger partial charge in [-0.2, -0.15) is 13.2 Å². The van der Waals surface area contributed by atoms with Crippen LogP contribution in [0.3, 0.4) is 0 Å². The average Bonchev–Trinajstić information content (AvgIpc) is 3.49. The lowest BCUT2D eigenvalue weighted by atomic mass is 10.1. The third kappa shape index (κ3) is 6.28. The van der Waals surface area contributed by atoms with Gasteiger partial charge in [-0.1, -0.05) is 30.3 Å². The van der Waals surface area contributed by atoms with Crippen LogP contribution in [0, 0.1) is 0 Å². The molecule has 0 saturated carbocycles. The molecule has 38 heavy (non-hydrogen) atoms. The minimum absolute atomic E-state index is 0.0563. The first kappa shape index (κ1) is 27.5. The molecule has 202 valence electrons. The summed E-state index contributed by atoms with van der Waals surface area (Å²) < 4.78 is 43.9. The molecule has 0 aliphatic carbocycles. The van der Waals surface area contributed by atoms with E-state index in [1.165, 1.54) is 17.2 Å². The highest BCUT2D eigenvalue weighted by Crippen LogP contribution is 2.39. The number of benzene rings is 1. The number of fused-ring (bicyclic) bond motifs is 2. The molecule has 4 heterocycles. The number of hydrogen-bond donors (Lipinski definition) is 2. The number of hydrogen-bond acceptors (Lipinski definition) is 6. The van der Waals surface area contributed by atoms with Gasteiger partial charge in [-0.3, -0.25) is 14.1 Å². The molecule has 11 heteroatoms. The summed E-state index contributed by atoms with van der Waals surface area (Å²) >= 11 is 0. The molecule has 2 atom stereocenters. The van der Waals surface area contributed by atoms with Crippen molar-refractivity contribution in [3.63, 3.8) is 0 Å². The van der Waals surface area contributed by atoms with Crippen LogP contribution in [0.4, 0.5) is 13.2 Å². The van der Waals surface area contributed by atoms with Gasteiger partial charge >= 0.3 is 6.18 Å². The Kier molecular flexibility index (Phi) is 7.98. The predicted molar refractivity (Wildman–Crippen MR) is 141 cm³/mol. The number of carbonyl (C=O) groups is 1. The molecule has 0 radical (unpaired) electrons. The maximum absolute atomic E-state index is 14.1. The first-order chi connectivity index (χ1) is 18.0. The quantitative estimate of drug-likeness (QED) is 0.375. The number of aromatic nitrogens is 4. The number of alkyl halides is 3. The zero-order valence-corrected chi connectivity index (χ0v) is 21.8. The van der Waals surface area contributed by atoms with Gasteiger partial charge in [0, 0.05) is 36.3 Å². The highest BCUT2D eigenvalue weighted by atomic mass is 19.4. The number of likely N-dealkylation sites (tertiary alicyclic amines) is 1. The maximum Gasteiger partial charge on any atom is 0.408 e. The van der Waals surface area contributed by atoms with E-state index in [1.807, 2.05) is 57.2 Å². The van der Waals surface area contributed by atoms with Gasteiger partial charge < -0.3 is 10.6 Å². The fourth-order valence-electron chi connectivity index (χ4n) is 4.48. The summed E-state index contributed by atoms with van der Waals surface area (Å²) in [4.78, 5) is 15.8. The van der Waals surface area contributed by atoms with Crippen LogP contribution in [0.5, 0.6) is 0 Å². The standard InChI is InChI=1S/C22H21F3N6.C5H11NO/c1-26-16-10-11-30(13-16)20(22(23,24)25)15-7-9-19-28-29-21(31(19)12-15)18-8-6-14-4-2-3-5-17(14)27-18;1-5(2,3)6-4-7/h2-9,12,16,20,26H,10-11,13H2,1H3;4H,1-3H3,(H,6,7)/t16?,20-;/m1./s1. The minimum atomic E-state index is -4.40. The van der Waals surface area contributed by atoms with Crippen molar-refractivity contribution >= 4 is 23.0 Å². The number of nitrogens with one attached hydrogen (secondary N) is 2. The van der Waals surface area contributed by atoms with Gasteiger partial charge in [-0.15, -0.1) is 10.2 Å². The Morgan fingerprint density at radius 2 is 1.82 bits per heavy atom. The number of carbonyl (C=O) groups excluding carboxylic acids is 1. The van der Waals surface area contributed by atoms with Crippen LogP contribution >= 0.6 is 0 Å². The zero-order chi connectivity index (χ0) is 27.5. The van der Waals surface area contributed by atoms with Crippen LogP contribution in [0.2, 0.25) is 0 Å². The maximum atomic E-state index is 14.1. The van der Waals surface area contributed by atoms with Crippen molar-refractivity contribution in [3.05, 3.63) is 60.3 Å². The number of nitrogens with zero attached hydrogens (tertiary/aromatic N) is 5. The fraction of sp³-hybridized carbons (Fsp3) is 0.407. The lowest BCUT2D eigenvalue weighted by molar-refractivity contribution is -0.184. The first-order valence-electron chi connectivity index (χ1n) is 12.4. The van der Waals surface area contributed by atoms with Crippen LogP contribution < -0.4 is 10.6 Å². The summed E-state index contributed by atoms with van der Waals surface area (Å²) in [5.74, 6) is 0.415. The number of rotatable bonds is 5. The second-order valence-corrected chi connectivity index (χ2v) is 10.3. The van der Waals surface area contributed by atoms with E-state index in [1.54, 1.807) is 17.5 Å². The highest BCUT2D eigenvalue weighted by Gasteiger charge is 2.46. The smallest absolute Gasteiger partial charge is 0.354 e. The number of amides is 1. The topological polar surface area (TPSA) is 87.5 Å². The third-order valence-electron chi connectivity index (χ3n) is 6.36. The number of halogens is 3. The van der Waals surface area contributed by atoms with E-state index < -0.39 is 12.2 Å². The molecule has 1 saturated heterocycles. The lowest BCUT2D eigenvalue weighted by Crippen LogP contribution is -2.39. The van der Waals surface area contributed by atoms with Gasteiger partial charge in [-0.05, 0) is 58.0 Å². The van der Waals surface area contributed by atoms with E-state index in [2.05, 4.69) is 25.8 Å². The van der Waals surface area contributed by atoms with Gasteiger partial charge in [0.05, 0.1) is 5.52 Å². The monoisotopic (exact) mass is 527 g/mol. The Labute approximate surface area is 219 Å². The molecule has 1 aromatic carbocycles. The van der Waals surface area contributed by atoms with Crippen LogP contribution in [-0.2, 0) is 4.79 Å². The summed E-state index contributed by atoms with van der Waals surface area (Å²) in [6, 6.07) is 12.8. The van der Waals surface area contributed by atoms with Crippen molar-refractivity contribution in [3.8, 4) is 11.5 Å². The summed E-state index contributed by atoms with van der Waals surface area (Å²) in [5.41, 5.74) is 1.92. The van der Waals surface area contributed by atoms with Gasteiger partial charge in [0.2, 0.25) is 6.41 Å². The van der Waals surface area contributed by atoms with E-state index in [-0.39, 0.29) is 17.1 Å². The molecule has 1 aliphatic rings. The predicted octanol–water partition coefficient (Wildman–Crippen LogP) is 4.37. The molecule has 2 N–H and O–H groups in total. The van der Waals surface area contributed by atoms with E-state index in [0.29, 0.717) is 43.1 Å². The average molecular weight is 528 g/mol. The van der Waals surface area contributed by atoms with E-state index in [4.69, 9.17) is 0 Å². The summed E-state index contributed by atoms with van der Waals surface area (Å²) in [6.07, 6.45) is -1.51. The fourth-order valence-corrected chi connectivity index (χ4v) is 4.48. The molecule has 1 unspecified atom stereocenters. The molecule has 4 aromatic rings. The Morgan fingerprint density at radius 3 is 2.45 bits per heavy atom. The first-order valence-corrected chi connectivity index (χ1v) is 12.4. The molecule has 0 bridgehead atoms. The Morgan fingerprint density at radius 1 is 1.05 bits per heavy atom. The Balaban J connectivity index is 0.000000426. The third-order valence-corrected chi connectivity index (χ3v) is 6.36. The number of para-hydroxylation sites is 1. The lowest BCUT2D eigenvalue weighted by Gasteiger charge is -2.30. The van der Waals surface area contributed by atoms with Gasteiger partial charge in [-0.25, -0.2) is 4.98 Å². The van der Waals surface area contributed by atoms with Crippen LogP contribution in [-0.4, -0.2) is 68.8 Å². The molecule has 1 amide bonds. The van der Waals surface area contributed by atoms with E-state index >= 15 is 0 Å². The Bertz CT molecular complexity index is 1400. The molecular weight excluding hydrogens is 495 g/mol. The highest BCUT2D eigenvalue weighted by molar-refractivity contribution is 5.80. The summed E-state index contributed by atoms with van der Waals surface area (Å²) in [7, 11) is 1.78. The number of pyridine rings is 2. The molecule has 1 aliphatic heterocycles. The minimum Gasteiger partial charge on any atom is -0.354 e. The van der Waals surface area contributed by atoms with Crippen LogP contribution in [0.25, 0.3) is 28.1 Å². The van der Waals surface area contributed by atoms with Crippen LogP contribution in [0.1, 0.15) is 38.8 Å². The molecule has 8 nitrogen and oxygen atoms in total. The number of likely N-dealkylation sites (N-methyl/N-ethyl adjacent to an activating group) is 1. The Hall–Kier alpha value is -3.57. The molecule has 0 spiro atoms. The SMILES string of the molecule is CC(C)(C)NC=O.CNC1CCN([C@H](c2ccc3nnc(-c4ccc5ccccc5n4)n3c2)C(F)(F)F)C1. The zero-order valence-electron chi connectivity index (χ0n) is 21.8.